The first-order chi connectivity index (χ1) is 9.22. The minimum absolute atomic E-state index is 0.654. The predicted molar refractivity (Wildman–Crippen MR) is 87.2 cm³/mol. The van der Waals surface area contributed by atoms with Gasteiger partial charge in [0, 0.05) is 20.2 Å². The molecule has 1 aromatic heterocycles. The Kier molecular flexibility index (Phi) is 3.32. The lowest BCUT2D eigenvalue weighted by Crippen LogP contribution is -2.05. The summed E-state index contributed by atoms with van der Waals surface area (Å²) in [5.41, 5.74) is 1.53. The molecule has 3 aromatic rings. The number of hydrogen-bond acceptors (Lipinski definition) is 1. The quantitative estimate of drug-likeness (QED) is 0.530. The van der Waals surface area contributed by atoms with Crippen LogP contribution in [0.2, 0.25) is 0 Å². The molecule has 1 heteroatoms. The molecule has 0 saturated carbocycles. The molecule has 0 radical (unpaired) electrons. The zero-order valence-corrected chi connectivity index (χ0v) is 12.6. The van der Waals surface area contributed by atoms with Gasteiger partial charge in [0.2, 0.25) is 0 Å². The molecule has 1 unspecified atom stereocenters. The number of thiophene rings is 1. The molecule has 0 aliphatic carbocycles. The first-order valence-corrected chi connectivity index (χ1v) is 7.94. The fraction of sp³-hybridized carbons (Fsp3) is 0.333. The average Bonchev–Trinajstić information content (AvgIpc) is 2.78. The molecule has 1 atom stereocenters. The van der Waals surface area contributed by atoms with Crippen LogP contribution in [0.4, 0.5) is 0 Å². The lowest BCUT2D eigenvalue weighted by Gasteiger charge is -2.20. The molecular weight excluding hydrogens is 248 g/mol. The first kappa shape index (κ1) is 12.7. The van der Waals surface area contributed by atoms with E-state index in [2.05, 4.69) is 63.2 Å². The Labute approximate surface area is 119 Å². The van der Waals surface area contributed by atoms with Crippen molar-refractivity contribution >= 4 is 31.5 Å². The van der Waals surface area contributed by atoms with Gasteiger partial charge in [-0.3, -0.25) is 0 Å². The third-order valence-electron chi connectivity index (χ3n) is 4.08. The van der Waals surface area contributed by atoms with Crippen LogP contribution in [-0.4, -0.2) is 0 Å². The van der Waals surface area contributed by atoms with E-state index >= 15 is 0 Å². The first-order valence-electron chi connectivity index (χ1n) is 7.12. The summed E-state index contributed by atoms with van der Waals surface area (Å²) in [6.45, 7) is 6.97. The van der Waals surface area contributed by atoms with Crippen molar-refractivity contribution in [3.05, 3.63) is 48.0 Å². The minimum Gasteiger partial charge on any atom is -0.135 e. The van der Waals surface area contributed by atoms with Crippen molar-refractivity contribution < 1.29 is 0 Å². The van der Waals surface area contributed by atoms with E-state index in [4.69, 9.17) is 0 Å². The molecule has 2 aromatic carbocycles. The summed E-state index contributed by atoms with van der Waals surface area (Å²) < 4.78 is 2.83. The maximum absolute atomic E-state index is 2.33. The van der Waals surface area contributed by atoms with Crippen LogP contribution in [0.25, 0.3) is 20.2 Å². The summed E-state index contributed by atoms with van der Waals surface area (Å²) in [7, 11) is 0. The largest absolute Gasteiger partial charge is 0.135 e. The Hall–Kier alpha value is -1.34. The molecule has 0 fully saturated rings. The minimum atomic E-state index is 0.654. The molecule has 0 bridgehead atoms. The van der Waals surface area contributed by atoms with Crippen LogP contribution >= 0.6 is 11.3 Å². The van der Waals surface area contributed by atoms with Gasteiger partial charge < -0.3 is 0 Å². The van der Waals surface area contributed by atoms with E-state index in [-0.39, 0.29) is 0 Å². The van der Waals surface area contributed by atoms with Gasteiger partial charge in [0.25, 0.3) is 0 Å². The fourth-order valence-electron chi connectivity index (χ4n) is 3.16. The predicted octanol–water partition coefficient (Wildman–Crippen LogP) is 6.20. The molecule has 0 N–H and O–H groups in total. The Morgan fingerprint density at radius 1 is 0.947 bits per heavy atom. The molecule has 0 spiro atoms. The lowest BCUT2D eigenvalue weighted by atomic mass is 9.84. The molecule has 3 rings (SSSR count). The van der Waals surface area contributed by atoms with Crippen molar-refractivity contribution in [2.45, 2.75) is 33.1 Å². The highest BCUT2D eigenvalue weighted by Gasteiger charge is 2.18. The van der Waals surface area contributed by atoms with Gasteiger partial charge in [-0.15, -0.1) is 11.3 Å². The van der Waals surface area contributed by atoms with Crippen molar-refractivity contribution in [3.63, 3.8) is 0 Å². The normalized spacial score (nSPS) is 13.5. The topological polar surface area (TPSA) is 0 Å². The highest BCUT2D eigenvalue weighted by atomic mass is 32.1. The van der Waals surface area contributed by atoms with Crippen molar-refractivity contribution in [1.29, 1.82) is 0 Å². The fourth-order valence-corrected chi connectivity index (χ4v) is 4.30. The third kappa shape index (κ3) is 2.06. The Morgan fingerprint density at radius 2 is 1.68 bits per heavy atom. The van der Waals surface area contributed by atoms with Gasteiger partial charge in [-0.05, 0) is 36.0 Å². The van der Waals surface area contributed by atoms with E-state index in [1.165, 1.54) is 32.2 Å². The standard InChI is InChI=1S/C18H20S/c1-4-13(12(2)3)14-9-7-11-17-18(14)15-8-5-6-10-16(15)19-17/h5-13H,4H2,1-3H3. The van der Waals surface area contributed by atoms with E-state index in [1.54, 1.807) is 0 Å². The van der Waals surface area contributed by atoms with E-state index in [1.807, 2.05) is 11.3 Å². The van der Waals surface area contributed by atoms with Gasteiger partial charge in [-0.25, -0.2) is 0 Å². The van der Waals surface area contributed by atoms with E-state index in [0.29, 0.717) is 11.8 Å². The zero-order chi connectivity index (χ0) is 13.4. The highest BCUT2D eigenvalue weighted by Crippen LogP contribution is 2.40. The summed E-state index contributed by atoms with van der Waals surface area (Å²) in [6, 6.07) is 15.6. The van der Waals surface area contributed by atoms with Crippen LogP contribution in [0, 0.1) is 5.92 Å². The molecule has 0 aliphatic heterocycles. The summed E-state index contributed by atoms with van der Waals surface area (Å²) in [5.74, 6) is 1.34. The number of fused-ring (bicyclic) bond motifs is 3. The summed E-state index contributed by atoms with van der Waals surface area (Å²) >= 11 is 1.92. The van der Waals surface area contributed by atoms with Gasteiger partial charge in [0.15, 0.2) is 0 Å². The van der Waals surface area contributed by atoms with Gasteiger partial charge in [-0.1, -0.05) is 51.1 Å². The van der Waals surface area contributed by atoms with Gasteiger partial charge in [-0.2, -0.15) is 0 Å². The van der Waals surface area contributed by atoms with Crippen LogP contribution in [0.1, 0.15) is 38.7 Å². The monoisotopic (exact) mass is 268 g/mol. The van der Waals surface area contributed by atoms with Crippen LogP contribution in [-0.2, 0) is 0 Å². The maximum Gasteiger partial charge on any atom is 0.0358 e. The number of benzene rings is 2. The Bertz CT molecular complexity index is 706. The van der Waals surface area contributed by atoms with Crippen molar-refractivity contribution in [2.24, 2.45) is 5.92 Å². The molecule has 0 aliphatic rings. The summed E-state index contributed by atoms with van der Waals surface area (Å²) in [6.07, 6.45) is 1.21. The van der Waals surface area contributed by atoms with Crippen molar-refractivity contribution in [1.82, 2.24) is 0 Å². The van der Waals surface area contributed by atoms with E-state index in [0.717, 1.165) is 0 Å². The molecule has 0 nitrogen and oxygen atoms in total. The summed E-state index contributed by atoms with van der Waals surface area (Å²) in [5, 5.41) is 2.92. The zero-order valence-electron chi connectivity index (χ0n) is 11.8. The second-order valence-corrected chi connectivity index (χ2v) is 6.66. The van der Waals surface area contributed by atoms with E-state index < -0.39 is 0 Å². The SMILES string of the molecule is CCC(c1cccc2sc3ccccc3c12)C(C)C. The van der Waals surface area contributed by atoms with Crippen LogP contribution in [0.15, 0.2) is 42.5 Å². The molecule has 19 heavy (non-hydrogen) atoms. The molecule has 0 saturated heterocycles. The molecule has 98 valence electrons. The van der Waals surface area contributed by atoms with Crippen LogP contribution < -0.4 is 0 Å². The average molecular weight is 268 g/mol. The maximum atomic E-state index is 2.33. The second-order valence-electron chi connectivity index (χ2n) is 5.58. The Morgan fingerprint density at radius 3 is 2.42 bits per heavy atom. The number of rotatable bonds is 3. The molecular formula is C18H20S. The second kappa shape index (κ2) is 4.97. The van der Waals surface area contributed by atoms with Gasteiger partial charge in [0.1, 0.15) is 0 Å². The molecule has 1 heterocycles. The lowest BCUT2D eigenvalue weighted by molar-refractivity contribution is 0.488. The van der Waals surface area contributed by atoms with Gasteiger partial charge >= 0.3 is 0 Å². The summed E-state index contributed by atoms with van der Waals surface area (Å²) in [4.78, 5) is 0. The van der Waals surface area contributed by atoms with Crippen molar-refractivity contribution in [2.75, 3.05) is 0 Å². The van der Waals surface area contributed by atoms with Crippen LogP contribution in [0.5, 0.6) is 0 Å². The Balaban J connectivity index is 2.35. The van der Waals surface area contributed by atoms with Gasteiger partial charge in [0.05, 0.1) is 0 Å². The smallest absolute Gasteiger partial charge is 0.0358 e. The molecule has 0 amide bonds. The third-order valence-corrected chi connectivity index (χ3v) is 5.21. The highest BCUT2D eigenvalue weighted by molar-refractivity contribution is 7.25. The van der Waals surface area contributed by atoms with Crippen LogP contribution in [0.3, 0.4) is 0 Å². The van der Waals surface area contributed by atoms with Crippen molar-refractivity contribution in [3.8, 4) is 0 Å². The van der Waals surface area contributed by atoms with E-state index in [9.17, 15) is 0 Å². The number of hydrogen-bond donors (Lipinski definition) is 0.